The van der Waals surface area contributed by atoms with E-state index in [4.69, 9.17) is 11.6 Å². The summed E-state index contributed by atoms with van der Waals surface area (Å²) in [4.78, 5) is 6.68. The molecular formula is C11H10BrClN2S. The zero-order valence-electron chi connectivity index (χ0n) is 8.39. The van der Waals surface area contributed by atoms with Crippen molar-refractivity contribution in [2.24, 2.45) is 4.99 Å². The highest BCUT2D eigenvalue weighted by molar-refractivity contribution is 8.93. The molecule has 0 spiro atoms. The van der Waals surface area contributed by atoms with E-state index in [1.165, 1.54) is 11.3 Å². The molecule has 0 aliphatic carbocycles. The average Bonchev–Trinajstić information content (AvgIpc) is 2.80. The van der Waals surface area contributed by atoms with E-state index in [0.717, 1.165) is 23.3 Å². The highest BCUT2D eigenvalue weighted by atomic mass is 79.9. The van der Waals surface area contributed by atoms with E-state index in [0.29, 0.717) is 0 Å². The molecule has 16 heavy (non-hydrogen) atoms. The van der Waals surface area contributed by atoms with Crippen molar-refractivity contribution >= 4 is 51.2 Å². The standard InChI is InChI=1S/C11H9ClN2S.BrH/c12-9-3-1-8(2-4-9)10-7-15-11-13-5-6-14(10)11;/h1-4,7H,5-6H2;1H. The largest absolute Gasteiger partial charge is 0.318 e. The van der Waals surface area contributed by atoms with Gasteiger partial charge in [-0.25, -0.2) is 0 Å². The summed E-state index contributed by atoms with van der Waals surface area (Å²) in [6.07, 6.45) is 0. The topological polar surface area (TPSA) is 15.6 Å². The van der Waals surface area contributed by atoms with Gasteiger partial charge in [0.15, 0.2) is 5.17 Å². The van der Waals surface area contributed by atoms with E-state index in [1.807, 2.05) is 12.1 Å². The molecule has 1 aromatic carbocycles. The third-order valence-corrected chi connectivity index (χ3v) is 3.66. The van der Waals surface area contributed by atoms with Gasteiger partial charge in [0.25, 0.3) is 0 Å². The van der Waals surface area contributed by atoms with Crippen LogP contribution in [0, 0.1) is 0 Å². The summed E-state index contributed by atoms with van der Waals surface area (Å²) < 4.78 is 0. The van der Waals surface area contributed by atoms with Crippen molar-refractivity contribution in [3.05, 3.63) is 40.3 Å². The average molecular weight is 318 g/mol. The number of benzene rings is 1. The summed E-state index contributed by atoms with van der Waals surface area (Å²) in [5.74, 6) is 0. The van der Waals surface area contributed by atoms with Gasteiger partial charge in [0.05, 0.1) is 12.2 Å². The molecule has 2 heterocycles. The van der Waals surface area contributed by atoms with Gasteiger partial charge in [-0.3, -0.25) is 4.99 Å². The number of nitrogens with zero attached hydrogens (tertiary/aromatic N) is 2. The quantitative estimate of drug-likeness (QED) is 0.786. The second kappa shape index (κ2) is 4.82. The van der Waals surface area contributed by atoms with Gasteiger partial charge in [-0.1, -0.05) is 35.5 Å². The van der Waals surface area contributed by atoms with Gasteiger partial charge < -0.3 is 4.90 Å². The van der Waals surface area contributed by atoms with Gasteiger partial charge in [-0.15, -0.1) is 17.0 Å². The lowest BCUT2D eigenvalue weighted by atomic mass is 10.1. The summed E-state index contributed by atoms with van der Waals surface area (Å²) >= 11 is 7.57. The van der Waals surface area contributed by atoms with Gasteiger partial charge in [0.2, 0.25) is 0 Å². The maximum atomic E-state index is 5.87. The Morgan fingerprint density at radius 2 is 2.00 bits per heavy atom. The Morgan fingerprint density at radius 1 is 1.25 bits per heavy atom. The predicted octanol–water partition coefficient (Wildman–Crippen LogP) is 3.63. The second-order valence-electron chi connectivity index (χ2n) is 3.44. The first-order chi connectivity index (χ1) is 7.34. The minimum Gasteiger partial charge on any atom is -0.318 e. The maximum absolute atomic E-state index is 5.87. The fourth-order valence-electron chi connectivity index (χ4n) is 1.77. The lowest BCUT2D eigenvalue weighted by molar-refractivity contribution is 0.650. The van der Waals surface area contributed by atoms with E-state index < -0.39 is 0 Å². The molecular weight excluding hydrogens is 308 g/mol. The van der Waals surface area contributed by atoms with Gasteiger partial charge in [-0.2, -0.15) is 0 Å². The lowest BCUT2D eigenvalue weighted by Gasteiger charge is -2.16. The molecule has 0 unspecified atom stereocenters. The van der Waals surface area contributed by atoms with Crippen molar-refractivity contribution in [1.29, 1.82) is 0 Å². The number of hydrogen-bond acceptors (Lipinski definition) is 3. The van der Waals surface area contributed by atoms with Crippen LogP contribution in [-0.4, -0.2) is 23.2 Å². The number of thioether (sulfide) groups is 1. The molecule has 0 fully saturated rings. The molecule has 5 heteroatoms. The highest BCUT2D eigenvalue weighted by Crippen LogP contribution is 2.35. The molecule has 0 saturated heterocycles. The fourth-order valence-corrected chi connectivity index (χ4v) is 2.86. The van der Waals surface area contributed by atoms with E-state index in [-0.39, 0.29) is 17.0 Å². The van der Waals surface area contributed by atoms with Crippen LogP contribution in [0.2, 0.25) is 5.02 Å². The Balaban J connectivity index is 0.000000963. The van der Waals surface area contributed by atoms with Crippen LogP contribution in [0.1, 0.15) is 5.56 Å². The lowest BCUT2D eigenvalue weighted by Crippen LogP contribution is -2.19. The van der Waals surface area contributed by atoms with Crippen LogP contribution < -0.4 is 0 Å². The molecule has 84 valence electrons. The molecule has 0 saturated carbocycles. The Hall–Kier alpha value is -0.450. The number of amidine groups is 1. The van der Waals surface area contributed by atoms with Crippen molar-refractivity contribution in [2.75, 3.05) is 13.1 Å². The van der Waals surface area contributed by atoms with Crippen LogP contribution in [0.25, 0.3) is 5.70 Å². The third-order valence-electron chi connectivity index (χ3n) is 2.51. The van der Waals surface area contributed by atoms with E-state index >= 15 is 0 Å². The highest BCUT2D eigenvalue weighted by Gasteiger charge is 2.26. The molecule has 2 nitrogen and oxygen atoms in total. The van der Waals surface area contributed by atoms with Crippen molar-refractivity contribution in [2.45, 2.75) is 0 Å². The zero-order valence-corrected chi connectivity index (χ0v) is 11.7. The minimum absolute atomic E-state index is 0. The van der Waals surface area contributed by atoms with Crippen molar-refractivity contribution in [3.8, 4) is 0 Å². The summed E-state index contributed by atoms with van der Waals surface area (Å²) in [5.41, 5.74) is 2.45. The Bertz CT molecular complexity index is 456. The minimum atomic E-state index is 0. The number of aliphatic imine (C=N–C) groups is 1. The first kappa shape index (κ1) is 12.0. The molecule has 2 aliphatic rings. The number of fused-ring (bicyclic) bond motifs is 1. The maximum Gasteiger partial charge on any atom is 0.168 e. The van der Waals surface area contributed by atoms with Crippen LogP contribution in [-0.2, 0) is 0 Å². The molecule has 0 N–H and O–H groups in total. The van der Waals surface area contributed by atoms with Crippen molar-refractivity contribution < 1.29 is 0 Å². The van der Waals surface area contributed by atoms with Gasteiger partial charge >= 0.3 is 0 Å². The Morgan fingerprint density at radius 3 is 2.75 bits per heavy atom. The molecule has 0 atom stereocenters. The van der Waals surface area contributed by atoms with E-state index in [9.17, 15) is 0 Å². The fraction of sp³-hybridized carbons (Fsp3) is 0.182. The van der Waals surface area contributed by atoms with Crippen LogP contribution in [0.15, 0.2) is 34.7 Å². The molecule has 1 aromatic rings. The normalized spacial score (nSPS) is 17.7. The van der Waals surface area contributed by atoms with E-state index in [2.05, 4.69) is 27.4 Å². The van der Waals surface area contributed by atoms with Gasteiger partial charge in [0.1, 0.15) is 0 Å². The SMILES string of the molecule is Br.Clc1ccc(C2=CSC3=NCCN23)cc1. The van der Waals surface area contributed by atoms with Crippen LogP contribution in [0.3, 0.4) is 0 Å². The van der Waals surface area contributed by atoms with Crippen molar-refractivity contribution in [3.63, 3.8) is 0 Å². The number of halogens is 2. The molecule has 0 radical (unpaired) electrons. The number of rotatable bonds is 1. The Kier molecular flexibility index (Phi) is 3.62. The van der Waals surface area contributed by atoms with Gasteiger partial charge in [0, 0.05) is 17.0 Å². The Labute approximate surface area is 114 Å². The summed E-state index contributed by atoms with van der Waals surface area (Å²) in [6.45, 7) is 1.91. The number of hydrogen-bond donors (Lipinski definition) is 0. The first-order valence-corrected chi connectivity index (χ1v) is 6.05. The summed E-state index contributed by atoms with van der Waals surface area (Å²) in [6, 6.07) is 7.95. The first-order valence-electron chi connectivity index (χ1n) is 4.79. The molecule has 0 aromatic heterocycles. The molecule has 0 amide bonds. The van der Waals surface area contributed by atoms with Crippen LogP contribution in [0.5, 0.6) is 0 Å². The smallest absolute Gasteiger partial charge is 0.168 e. The predicted molar refractivity (Wildman–Crippen MR) is 76.4 cm³/mol. The molecule has 2 aliphatic heterocycles. The third kappa shape index (κ3) is 2.01. The van der Waals surface area contributed by atoms with Crippen molar-refractivity contribution in [1.82, 2.24) is 4.90 Å². The molecule has 3 rings (SSSR count). The van der Waals surface area contributed by atoms with Crippen LogP contribution in [0.4, 0.5) is 0 Å². The zero-order chi connectivity index (χ0) is 10.3. The van der Waals surface area contributed by atoms with E-state index in [1.54, 1.807) is 11.8 Å². The summed E-state index contributed by atoms with van der Waals surface area (Å²) in [5, 5.41) is 4.06. The monoisotopic (exact) mass is 316 g/mol. The van der Waals surface area contributed by atoms with Gasteiger partial charge in [-0.05, 0) is 17.7 Å². The molecule has 0 bridgehead atoms. The summed E-state index contributed by atoms with van der Waals surface area (Å²) in [7, 11) is 0. The second-order valence-corrected chi connectivity index (χ2v) is 4.72. The van der Waals surface area contributed by atoms with Crippen LogP contribution >= 0.6 is 40.3 Å².